The van der Waals surface area contributed by atoms with E-state index in [2.05, 4.69) is 27.5 Å². The van der Waals surface area contributed by atoms with Crippen LogP contribution in [0, 0.1) is 5.82 Å². The molecule has 1 aromatic rings. The fourth-order valence-corrected chi connectivity index (χ4v) is 1.37. The van der Waals surface area contributed by atoms with E-state index in [1.54, 1.807) is 6.07 Å². The predicted molar refractivity (Wildman–Crippen MR) is 55.0 cm³/mol. The van der Waals surface area contributed by atoms with Crippen molar-refractivity contribution in [3.05, 3.63) is 40.4 Å². The molecule has 0 aliphatic heterocycles. The van der Waals surface area contributed by atoms with Crippen molar-refractivity contribution in [1.29, 1.82) is 0 Å². The Hall–Kier alpha value is -0.700. The molecule has 0 unspecified atom stereocenters. The summed E-state index contributed by atoms with van der Waals surface area (Å²) >= 11 is 3.20. The Morgan fingerprint density at radius 2 is 2.38 bits per heavy atom. The largest absolute Gasteiger partial charge is 0.246 e. The molecule has 0 aliphatic rings. The minimum atomic E-state index is -0.246. The third-order valence-corrected chi connectivity index (χ3v) is 2.16. The summed E-state index contributed by atoms with van der Waals surface area (Å²) in [6, 6.07) is 1.71. The third-order valence-electron chi connectivity index (χ3n) is 1.72. The molecule has 3 heteroatoms. The van der Waals surface area contributed by atoms with E-state index in [9.17, 15) is 4.39 Å². The van der Waals surface area contributed by atoms with E-state index in [0.29, 0.717) is 16.6 Å². The van der Waals surface area contributed by atoms with Gasteiger partial charge < -0.3 is 0 Å². The highest BCUT2D eigenvalue weighted by molar-refractivity contribution is 9.10. The molecule has 0 radical (unpaired) electrons. The minimum Gasteiger partial charge on any atom is -0.246 e. The van der Waals surface area contributed by atoms with Crippen molar-refractivity contribution in [2.45, 2.75) is 19.8 Å². The van der Waals surface area contributed by atoms with E-state index in [1.165, 1.54) is 6.20 Å². The van der Waals surface area contributed by atoms with Crippen LogP contribution in [0.1, 0.15) is 18.9 Å². The van der Waals surface area contributed by atoms with Crippen molar-refractivity contribution in [2.24, 2.45) is 0 Å². The molecule has 0 saturated heterocycles. The van der Waals surface area contributed by atoms with Crippen molar-refractivity contribution in [1.82, 2.24) is 4.98 Å². The van der Waals surface area contributed by atoms with Gasteiger partial charge in [0, 0.05) is 0 Å². The summed E-state index contributed by atoms with van der Waals surface area (Å²) in [5, 5.41) is 0. The van der Waals surface area contributed by atoms with Crippen LogP contribution >= 0.6 is 15.9 Å². The molecular weight excluding hydrogens is 233 g/mol. The highest BCUT2D eigenvalue weighted by Gasteiger charge is 2.03. The van der Waals surface area contributed by atoms with Crippen LogP contribution in [0.25, 0.3) is 0 Å². The van der Waals surface area contributed by atoms with Crippen LogP contribution in [0.2, 0.25) is 0 Å². The van der Waals surface area contributed by atoms with Gasteiger partial charge >= 0.3 is 0 Å². The summed E-state index contributed by atoms with van der Waals surface area (Å²) in [5.41, 5.74) is 1.75. The van der Waals surface area contributed by atoms with Crippen LogP contribution in [0.4, 0.5) is 4.39 Å². The quantitative estimate of drug-likeness (QED) is 0.585. The lowest BCUT2D eigenvalue weighted by Crippen LogP contribution is -1.93. The highest BCUT2D eigenvalue weighted by atomic mass is 79.9. The van der Waals surface area contributed by atoms with Crippen LogP contribution in [0.15, 0.2) is 29.0 Å². The average Bonchev–Trinajstić information content (AvgIpc) is 2.06. The fourth-order valence-electron chi connectivity index (χ4n) is 0.991. The van der Waals surface area contributed by atoms with Crippen molar-refractivity contribution < 1.29 is 4.39 Å². The normalized spacial score (nSPS) is 10.1. The zero-order valence-corrected chi connectivity index (χ0v) is 9.07. The molecular formula is C10H11BrFN. The van der Waals surface area contributed by atoms with E-state index < -0.39 is 0 Å². The van der Waals surface area contributed by atoms with Crippen molar-refractivity contribution in [3.63, 3.8) is 0 Å². The first-order chi connectivity index (χ1) is 6.09. The van der Waals surface area contributed by atoms with E-state index in [0.717, 1.165) is 12.0 Å². The molecule has 1 heterocycles. The summed E-state index contributed by atoms with van der Waals surface area (Å²) in [6.07, 6.45) is 2.73. The Morgan fingerprint density at radius 3 is 3.00 bits per heavy atom. The number of hydrogen-bond acceptors (Lipinski definition) is 1. The zero-order valence-electron chi connectivity index (χ0n) is 7.48. The van der Waals surface area contributed by atoms with E-state index >= 15 is 0 Å². The molecule has 0 N–H and O–H groups in total. The summed E-state index contributed by atoms with van der Waals surface area (Å²) in [5.74, 6) is -0.246. The van der Waals surface area contributed by atoms with Crippen LogP contribution < -0.4 is 0 Å². The lowest BCUT2D eigenvalue weighted by molar-refractivity contribution is 0.601. The number of halogens is 2. The molecule has 0 saturated carbocycles. The van der Waals surface area contributed by atoms with Crippen LogP contribution in [0.5, 0.6) is 0 Å². The van der Waals surface area contributed by atoms with Gasteiger partial charge in [-0.1, -0.05) is 5.57 Å². The minimum absolute atomic E-state index is 0.246. The summed E-state index contributed by atoms with van der Waals surface area (Å²) in [7, 11) is 0. The maximum Gasteiger partial charge on any atom is 0.144 e. The van der Waals surface area contributed by atoms with Gasteiger partial charge in [0.05, 0.1) is 6.20 Å². The van der Waals surface area contributed by atoms with Crippen molar-refractivity contribution >= 4 is 15.9 Å². The Bertz CT molecular complexity index is 323. The van der Waals surface area contributed by atoms with Crippen molar-refractivity contribution in [2.75, 3.05) is 0 Å². The number of aryl methyl sites for hydroxylation is 1. The van der Waals surface area contributed by atoms with Gasteiger partial charge in [0.15, 0.2) is 0 Å². The Kier molecular flexibility index (Phi) is 3.60. The fraction of sp³-hybridized carbons (Fsp3) is 0.300. The lowest BCUT2D eigenvalue weighted by atomic mass is 10.1. The predicted octanol–water partition coefficient (Wildman–Crippen LogP) is 3.49. The molecule has 1 aromatic heterocycles. The van der Waals surface area contributed by atoms with Crippen LogP contribution in [-0.4, -0.2) is 4.98 Å². The number of nitrogens with zero attached hydrogens (tertiary/aromatic N) is 1. The number of aromatic nitrogens is 1. The van der Waals surface area contributed by atoms with Gasteiger partial charge in [-0.15, -0.1) is 6.58 Å². The maximum atomic E-state index is 13.1. The second kappa shape index (κ2) is 4.51. The zero-order chi connectivity index (χ0) is 9.84. The number of rotatable bonds is 3. The van der Waals surface area contributed by atoms with E-state index in [4.69, 9.17) is 0 Å². The molecule has 0 spiro atoms. The molecule has 0 aliphatic carbocycles. The molecule has 13 heavy (non-hydrogen) atoms. The first-order valence-corrected chi connectivity index (χ1v) is 4.83. The molecule has 1 nitrogen and oxygen atoms in total. The summed E-state index contributed by atoms with van der Waals surface area (Å²) in [6.45, 7) is 5.71. The maximum absolute atomic E-state index is 13.1. The van der Waals surface area contributed by atoms with Gasteiger partial charge in [-0.3, -0.25) is 0 Å². The highest BCUT2D eigenvalue weighted by Crippen LogP contribution is 2.15. The summed E-state index contributed by atoms with van der Waals surface area (Å²) in [4.78, 5) is 3.79. The van der Waals surface area contributed by atoms with Gasteiger partial charge in [0.1, 0.15) is 10.4 Å². The molecule has 0 fully saturated rings. The second-order valence-corrected chi connectivity index (χ2v) is 3.87. The molecule has 0 bridgehead atoms. The van der Waals surface area contributed by atoms with Crippen LogP contribution in [-0.2, 0) is 6.42 Å². The first kappa shape index (κ1) is 10.4. The van der Waals surface area contributed by atoms with Gasteiger partial charge in [-0.25, -0.2) is 9.37 Å². The Morgan fingerprint density at radius 1 is 1.69 bits per heavy atom. The Labute approximate surface area is 85.8 Å². The lowest BCUT2D eigenvalue weighted by Gasteiger charge is -2.02. The van der Waals surface area contributed by atoms with Gasteiger partial charge in [0.25, 0.3) is 0 Å². The van der Waals surface area contributed by atoms with E-state index in [1.807, 2.05) is 6.92 Å². The van der Waals surface area contributed by atoms with Gasteiger partial charge in [0.2, 0.25) is 0 Å². The number of allylic oxidation sites excluding steroid dienone is 1. The monoisotopic (exact) mass is 243 g/mol. The molecule has 0 atom stereocenters. The molecule has 1 rings (SSSR count). The number of pyridine rings is 1. The van der Waals surface area contributed by atoms with Gasteiger partial charge in [-0.2, -0.15) is 0 Å². The first-order valence-electron chi connectivity index (χ1n) is 4.04. The standard InChI is InChI=1S/C10H11BrFN/c1-7(2)3-4-8-5-10(11)13-6-9(8)12/h5-6H,1,3-4H2,2H3. The van der Waals surface area contributed by atoms with Crippen molar-refractivity contribution in [3.8, 4) is 0 Å². The third kappa shape index (κ3) is 3.27. The molecule has 0 amide bonds. The van der Waals surface area contributed by atoms with E-state index in [-0.39, 0.29) is 5.82 Å². The summed E-state index contributed by atoms with van der Waals surface area (Å²) < 4.78 is 13.8. The number of hydrogen-bond donors (Lipinski definition) is 0. The van der Waals surface area contributed by atoms with Crippen LogP contribution in [0.3, 0.4) is 0 Å². The topological polar surface area (TPSA) is 12.9 Å². The smallest absolute Gasteiger partial charge is 0.144 e. The van der Waals surface area contributed by atoms with Gasteiger partial charge in [-0.05, 0) is 47.3 Å². The Balaban J connectivity index is 2.75. The second-order valence-electron chi connectivity index (χ2n) is 3.06. The molecule has 0 aromatic carbocycles. The SMILES string of the molecule is C=C(C)CCc1cc(Br)ncc1F. The average molecular weight is 244 g/mol. The molecule has 70 valence electrons.